The van der Waals surface area contributed by atoms with E-state index >= 15 is 0 Å². The third kappa shape index (κ3) is 3.35. The summed E-state index contributed by atoms with van der Waals surface area (Å²) < 4.78 is 4.56. The van der Waals surface area contributed by atoms with Crippen LogP contribution < -0.4 is 0 Å². The van der Waals surface area contributed by atoms with E-state index < -0.39 is 0 Å². The highest BCUT2D eigenvalue weighted by Crippen LogP contribution is 2.29. The number of rotatable bonds is 4. The molecule has 0 spiro atoms. The van der Waals surface area contributed by atoms with Crippen LogP contribution in [0.1, 0.15) is 19.3 Å². The van der Waals surface area contributed by atoms with Crippen molar-refractivity contribution in [2.45, 2.75) is 19.3 Å². The Morgan fingerprint density at radius 2 is 2.47 bits per heavy atom. The SMILES string of the molecule is C=C1C=C[C@H](CCC(=O)OC)[C@H](C=O)C1. The van der Waals surface area contributed by atoms with Crippen molar-refractivity contribution in [3.05, 3.63) is 24.3 Å². The molecule has 0 N–H and O–H groups in total. The lowest BCUT2D eigenvalue weighted by molar-refractivity contribution is -0.141. The van der Waals surface area contributed by atoms with Crippen LogP contribution in [0, 0.1) is 11.8 Å². The highest BCUT2D eigenvalue weighted by Gasteiger charge is 2.23. The molecule has 1 aliphatic rings. The van der Waals surface area contributed by atoms with Gasteiger partial charge < -0.3 is 9.53 Å². The Kier molecular flexibility index (Phi) is 4.28. The first-order chi connectivity index (χ1) is 7.17. The zero-order chi connectivity index (χ0) is 11.3. The Balaban J connectivity index is 2.52. The van der Waals surface area contributed by atoms with Crippen molar-refractivity contribution >= 4 is 12.3 Å². The fourth-order valence-electron chi connectivity index (χ4n) is 1.77. The molecule has 15 heavy (non-hydrogen) atoms. The standard InChI is InChI=1S/C12H16O3/c1-9-3-4-10(11(7-9)8-13)5-6-12(14)15-2/h3-4,8,10-11H,1,5-7H2,2H3/t10-,11+/m1/s1. The molecule has 82 valence electrons. The lowest BCUT2D eigenvalue weighted by Gasteiger charge is -2.23. The molecule has 0 saturated carbocycles. The Labute approximate surface area is 89.8 Å². The number of methoxy groups -OCH3 is 1. The minimum atomic E-state index is -0.225. The van der Waals surface area contributed by atoms with Gasteiger partial charge in [0.25, 0.3) is 0 Å². The molecule has 0 aromatic rings. The molecule has 0 saturated heterocycles. The van der Waals surface area contributed by atoms with Crippen molar-refractivity contribution in [1.82, 2.24) is 0 Å². The number of hydrogen-bond donors (Lipinski definition) is 0. The zero-order valence-corrected chi connectivity index (χ0v) is 8.94. The van der Waals surface area contributed by atoms with Gasteiger partial charge in [0, 0.05) is 12.3 Å². The second kappa shape index (κ2) is 5.49. The third-order valence-corrected chi connectivity index (χ3v) is 2.71. The van der Waals surface area contributed by atoms with E-state index in [1.807, 2.05) is 12.2 Å². The number of carbonyl (C=O) groups excluding carboxylic acids is 2. The van der Waals surface area contributed by atoms with Gasteiger partial charge >= 0.3 is 5.97 Å². The van der Waals surface area contributed by atoms with Gasteiger partial charge in [0.05, 0.1) is 7.11 Å². The maximum absolute atomic E-state index is 11.0. The van der Waals surface area contributed by atoms with Crippen LogP contribution in [0.5, 0.6) is 0 Å². The van der Waals surface area contributed by atoms with Crippen molar-refractivity contribution in [3.8, 4) is 0 Å². The molecule has 3 heteroatoms. The van der Waals surface area contributed by atoms with Gasteiger partial charge in [0.1, 0.15) is 6.29 Å². The van der Waals surface area contributed by atoms with Crippen molar-refractivity contribution in [1.29, 1.82) is 0 Å². The first-order valence-electron chi connectivity index (χ1n) is 5.05. The lowest BCUT2D eigenvalue weighted by atomic mass is 9.80. The fourth-order valence-corrected chi connectivity index (χ4v) is 1.77. The van der Waals surface area contributed by atoms with Crippen LogP contribution in [-0.4, -0.2) is 19.4 Å². The Morgan fingerprint density at radius 1 is 1.73 bits per heavy atom. The number of aldehydes is 1. The summed E-state index contributed by atoms with van der Waals surface area (Å²) in [6, 6.07) is 0. The van der Waals surface area contributed by atoms with Crippen LogP contribution in [0.25, 0.3) is 0 Å². The topological polar surface area (TPSA) is 43.4 Å². The van der Waals surface area contributed by atoms with E-state index in [0.717, 1.165) is 11.9 Å². The van der Waals surface area contributed by atoms with Gasteiger partial charge in [-0.2, -0.15) is 0 Å². The average molecular weight is 208 g/mol. The molecule has 0 aliphatic heterocycles. The molecule has 0 heterocycles. The molecular formula is C12H16O3. The summed E-state index contributed by atoms with van der Waals surface area (Å²) in [7, 11) is 1.37. The van der Waals surface area contributed by atoms with Gasteiger partial charge in [0.15, 0.2) is 0 Å². The predicted octanol–water partition coefficient (Wildman–Crippen LogP) is 1.89. The van der Waals surface area contributed by atoms with Crippen molar-refractivity contribution in [3.63, 3.8) is 0 Å². The number of esters is 1. The largest absolute Gasteiger partial charge is 0.469 e. The molecule has 0 aromatic heterocycles. The van der Waals surface area contributed by atoms with Crippen LogP contribution in [0.4, 0.5) is 0 Å². The number of carbonyl (C=O) groups is 2. The zero-order valence-electron chi connectivity index (χ0n) is 8.94. The monoisotopic (exact) mass is 208 g/mol. The van der Waals surface area contributed by atoms with Gasteiger partial charge in [-0.3, -0.25) is 4.79 Å². The molecular weight excluding hydrogens is 192 g/mol. The summed E-state index contributed by atoms with van der Waals surface area (Å²) in [6.07, 6.45) is 6.58. The minimum Gasteiger partial charge on any atom is -0.469 e. The number of hydrogen-bond acceptors (Lipinski definition) is 3. The third-order valence-electron chi connectivity index (χ3n) is 2.71. The summed E-state index contributed by atoms with van der Waals surface area (Å²) >= 11 is 0. The normalized spacial score (nSPS) is 25.0. The van der Waals surface area contributed by atoms with E-state index in [0.29, 0.717) is 19.3 Å². The molecule has 1 aliphatic carbocycles. The summed E-state index contributed by atoms with van der Waals surface area (Å²) in [5.74, 6) is -0.114. The molecule has 0 bridgehead atoms. The summed E-state index contributed by atoms with van der Waals surface area (Å²) in [4.78, 5) is 21.8. The molecule has 0 radical (unpaired) electrons. The van der Waals surface area contributed by atoms with Gasteiger partial charge in [-0.05, 0) is 18.8 Å². The van der Waals surface area contributed by atoms with E-state index in [-0.39, 0.29) is 17.8 Å². The molecule has 3 nitrogen and oxygen atoms in total. The van der Waals surface area contributed by atoms with Crippen molar-refractivity contribution in [2.75, 3.05) is 7.11 Å². The van der Waals surface area contributed by atoms with Crippen molar-refractivity contribution in [2.24, 2.45) is 11.8 Å². The predicted molar refractivity (Wildman–Crippen MR) is 57.2 cm³/mol. The number of ether oxygens (including phenoxy) is 1. The molecule has 0 fully saturated rings. The lowest BCUT2D eigenvalue weighted by Crippen LogP contribution is -2.19. The summed E-state index contributed by atoms with van der Waals surface area (Å²) in [5, 5.41) is 0. The smallest absolute Gasteiger partial charge is 0.305 e. The second-order valence-electron chi connectivity index (χ2n) is 3.80. The van der Waals surface area contributed by atoms with E-state index in [1.54, 1.807) is 0 Å². The fraction of sp³-hybridized carbons (Fsp3) is 0.500. The van der Waals surface area contributed by atoms with Gasteiger partial charge in [-0.15, -0.1) is 0 Å². The van der Waals surface area contributed by atoms with Gasteiger partial charge in [0.2, 0.25) is 0 Å². The Hall–Kier alpha value is -1.38. The molecule has 0 unspecified atom stereocenters. The highest BCUT2D eigenvalue weighted by atomic mass is 16.5. The van der Waals surface area contributed by atoms with Crippen molar-refractivity contribution < 1.29 is 14.3 Å². The van der Waals surface area contributed by atoms with Crippen LogP contribution in [-0.2, 0) is 14.3 Å². The van der Waals surface area contributed by atoms with E-state index in [4.69, 9.17) is 0 Å². The summed E-state index contributed by atoms with van der Waals surface area (Å²) in [6.45, 7) is 3.82. The van der Waals surface area contributed by atoms with Gasteiger partial charge in [-0.1, -0.05) is 24.3 Å². The first-order valence-corrected chi connectivity index (χ1v) is 5.05. The van der Waals surface area contributed by atoms with Gasteiger partial charge in [-0.25, -0.2) is 0 Å². The van der Waals surface area contributed by atoms with Crippen LogP contribution in [0.2, 0.25) is 0 Å². The van der Waals surface area contributed by atoms with E-state index in [1.165, 1.54) is 7.11 Å². The second-order valence-corrected chi connectivity index (χ2v) is 3.80. The van der Waals surface area contributed by atoms with Crippen LogP contribution >= 0.6 is 0 Å². The maximum Gasteiger partial charge on any atom is 0.305 e. The highest BCUT2D eigenvalue weighted by molar-refractivity contribution is 5.69. The molecule has 1 rings (SSSR count). The quantitative estimate of drug-likeness (QED) is 0.523. The minimum absolute atomic E-state index is 0.0350. The van der Waals surface area contributed by atoms with E-state index in [2.05, 4.69) is 11.3 Å². The average Bonchev–Trinajstić information content (AvgIpc) is 2.26. The Bertz CT molecular complexity index is 291. The Morgan fingerprint density at radius 3 is 3.07 bits per heavy atom. The molecule has 2 atom stereocenters. The molecule has 0 amide bonds. The first kappa shape index (κ1) is 11.7. The maximum atomic E-state index is 11.0. The van der Waals surface area contributed by atoms with E-state index in [9.17, 15) is 9.59 Å². The number of allylic oxidation sites excluding steroid dienone is 3. The van der Waals surface area contributed by atoms with Crippen LogP contribution in [0.15, 0.2) is 24.3 Å². The van der Waals surface area contributed by atoms with Crippen LogP contribution in [0.3, 0.4) is 0 Å². The molecule has 0 aromatic carbocycles. The summed E-state index contributed by atoms with van der Waals surface area (Å²) in [5.41, 5.74) is 0.974.